The maximum Gasteiger partial charge on any atom is 0.284 e. The van der Waals surface area contributed by atoms with E-state index < -0.39 is 21.7 Å². The van der Waals surface area contributed by atoms with Crippen LogP contribution in [0.15, 0.2) is 61.1 Å². The fraction of sp³-hybridized carbons (Fsp3) is 0.111. The van der Waals surface area contributed by atoms with Gasteiger partial charge in [0, 0.05) is 20.2 Å². The lowest BCUT2D eigenvalue weighted by Gasteiger charge is -2.11. The lowest BCUT2D eigenvalue weighted by atomic mass is 10.2. The molecule has 2 aromatic carbocycles. The topological polar surface area (TPSA) is 66.8 Å². The lowest BCUT2D eigenvalue weighted by Crippen LogP contribution is -2.29. The van der Waals surface area contributed by atoms with Crippen molar-refractivity contribution in [3.8, 4) is 0 Å². The Kier molecular flexibility index (Phi) is 6.62. The zero-order valence-electron chi connectivity index (χ0n) is 14.4. The van der Waals surface area contributed by atoms with Gasteiger partial charge in [0.25, 0.3) is 15.9 Å². The first-order chi connectivity index (χ1) is 13.2. The predicted octanol–water partition coefficient (Wildman–Crippen LogP) is 4.87. The van der Waals surface area contributed by atoms with Gasteiger partial charge in [0.05, 0.1) is 9.80 Å². The van der Waals surface area contributed by atoms with E-state index in [1.165, 1.54) is 23.1 Å². The molecule has 1 fully saturated rings. The summed E-state index contributed by atoms with van der Waals surface area (Å²) in [6.45, 7) is 1.96. The van der Waals surface area contributed by atoms with E-state index in [1.807, 2.05) is 22.6 Å². The summed E-state index contributed by atoms with van der Waals surface area (Å²) in [4.78, 5) is 14.1. The quantitative estimate of drug-likeness (QED) is 0.374. The summed E-state index contributed by atoms with van der Waals surface area (Å²) in [5.41, 5.74) is 0.260. The Bertz CT molecular complexity index is 1100. The van der Waals surface area contributed by atoms with Crippen LogP contribution >= 0.6 is 50.3 Å². The van der Waals surface area contributed by atoms with Crippen molar-refractivity contribution in [3.63, 3.8) is 0 Å². The van der Waals surface area contributed by atoms with Crippen LogP contribution in [-0.4, -0.2) is 30.9 Å². The van der Waals surface area contributed by atoms with Gasteiger partial charge in [-0.25, -0.2) is 4.39 Å². The van der Waals surface area contributed by atoms with Gasteiger partial charge in [-0.15, -0.1) is 4.40 Å². The Hall–Kier alpha value is -1.24. The maximum atomic E-state index is 14.3. The SMILES string of the molecule is CCN1C(=O)C(=Cc2cccc(I)c2F)SC1=NS(=O)(=O)c1ccc(Br)cc1. The molecule has 0 aromatic heterocycles. The minimum absolute atomic E-state index is 0.0217. The number of thioether (sulfide) groups is 1. The number of rotatable bonds is 4. The molecule has 0 spiro atoms. The van der Waals surface area contributed by atoms with Crippen molar-refractivity contribution in [3.05, 3.63) is 66.8 Å². The molecule has 0 aliphatic carbocycles. The van der Waals surface area contributed by atoms with Crippen LogP contribution in [0.5, 0.6) is 0 Å². The van der Waals surface area contributed by atoms with Gasteiger partial charge in [0.2, 0.25) is 0 Å². The first-order valence-corrected chi connectivity index (χ1v) is 12.1. The number of benzene rings is 2. The molecule has 0 bridgehead atoms. The van der Waals surface area contributed by atoms with E-state index >= 15 is 0 Å². The predicted molar refractivity (Wildman–Crippen MR) is 121 cm³/mol. The number of amidine groups is 1. The molecule has 10 heteroatoms. The molecule has 1 saturated heterocycles. The first kappa shape index (κ1) is 21.5. The van der Waals surface area contributed by atoms with Crippen molar-refractivity contribution in [1.29, 1.82) is 0 Å². The fourth-order valence-electron chi connectivity index (χ4n) is 2.39. The van der Waals surface area contributed by atoms with Gasteiger partial charge in [-0.1, -0.05) is 28.1 Å². The van der Waals surface area contributed by atoms with Crippen molar-refractivity contribution < 1.29 is 17.6 Å². The third-order valence-corrected chi connectivity index (χ3v) is 7.55. The third-order valence-electron chi connectivity index (χ3n) is 3.78. The number of carbonyl (C=O) groups excluding carboxylic acids is 1. The van der Waals surface area contributed by atoms with Gasteiger partial charge in [0.15, 0.2) is 5.17 Å². The average molecular weight is 595 g/mol. The van der Waals surface area contributed by atoms with Gasteiger partial charge in [-0.05, 0) is 77.7 Å². The van der Waals surface area contributed by atoms with Crippen molar-refractivity contribution in [1.82, 2.24) is 4.90 Å². The van der Waals surface area contributed by atoms with Crippen LogP contribution in [0.4, 0.5) is 4.39 Å². The maximum absolute atomic E-state index is 14.3. The van der Waals surface area contributed by atoms with Crippen LogP contribution in [0.1, 0.15) is 12.5 Å². The normalized spacial score (nSPS) is 17.7. The summed E-state index contributed by atoms with van der Waals surface area (Å²) in [5.74, 6) is -0.838. The lowest BCUT2D eigenvalue weighted by molar-refractivity contribution is -0.122. The van der Waals surface area contributed by atoms with Crippen LogP contribution in [0.3, 0.4) is 0 Å². The van der Waals surface area contributed by atoms with Crippen LogP contribution in [0, 0.1) is 9.39 Å². The molecule has 2 aromatic rings. The zero-order chi connectivity index (χ0) is 20.5. The molecule has 0 atom stereocenters. The number of nitrogens with zero attached hydrogens (tertiary/aromatic N) is 2. The monoisotopic (exact) mass is 594 g/mol. The second-order valence-corrected chi connectivity index (χ2v) is 10.3. The fourth-order valence-corrected chi connectivity index (χ4v) is 5.41. The van der Waals surface area contributed by atoms with Crippen molar-refractivity contribution in [2.24, 2.45) is 4.40 Å². The smallest absolute Gasteiger partial charge is 0.284 e. The highest BCUT2D eigenvalue weighted by Gasteiger charge is 2.34. The summed E-state index contributed by atoms with van der Waals surface area (Å²) in [7, 11) is -3.99. The number of likely N-dealkylation sites (N-methyl/N-ethyl adjacent to an activating group) is 1. The first-order valence-electron chi connectivity index (χ1n) is 7.99. The van der Waals surface area contributed by atoms with Gasteiger partial charge in [-0.2, -0.15) is 8.42 Å². The van der Waals surface area contributed by atoms with E-state index in [1.54, 1.807) is 37.3 Å². The van der Waals surface area contributed by atoms with E-state index in [2.05, 4.69) is 20.3 Å². The Morgan fingerprint density at radius 1 is 1.25 bits per heavy atom. The Morgan fingerprint density at radius 3 is 2.57 bits per heavy atom. The van der Waals surface area contributed by atoms with Crippen LogP contribution in [-0.2, 0) is 14.8 Å². The highest BCUT2D eigenvalue weighted by atomic mass is 127. The highest BCUT2D eigenvalue weighted by molar-refractivity contribution is 14.1. The van der Waals surface area contributed by atoms with Gasteiger partial charge >= 0.3 is 0 Å². The molecule has 3 rings (SSSR count). The summed E-state index contributed by atoms with van der Waals surface area (Å²) >= 11 is 6.04. The highest BCUT2D eigenvalue weighted by Crippen LogP contribution is 2.34. The second kappa shape index (κ2) is 8.64. The summed E-state index contributed by atoms with van der Waals surface area (Å²) < 4.78 is 44.5. The van der Waals surface area contributed by atoms with Crippen LogP contribution in [0.2, 0.25) is 0 Å². The number of hydrogen-bond donors (Lipinski definition) is 0. The molecule has 28 heavy (non-hydrogen) atoms. The number of sulfonamides is 1. The third kappa shape index (κ3) is 4.50. The standard InChI is InChI=1S/C18H13BrFIN2O3S2/c1-2-23-17(24)15(10-11-4-3-5-14(21)16(11)20)27-18(23)22-28(25,26)13-8-6-12(19)7-9-13/h3-10H,2H2,1H3. The average Bonchev–Trinajstić information content (AvgIpc) is 2.93. The molecule has 0 unspecified atom stereocenters. The largest absolute Gasteiger partial charge is 0.286 e. The number of amides is 1. The Morgan fingerprint density at radius 2 is 1.93 bits per heavy atom. The molecule has 0 saturated carbocycles. The summed E-state index contributed by atoms with van der Waals surface area (Å²) in [5, 5.41) is 0.0488. The number of carbonyl (C=O) groups is 1. The summed E-state index contributed by atoms with van der Waals surface area (Å²) in [6, 6.07) is 10.9. The molecular formula is C18H13BrFIN2O3S2. The van der Waals surface area contributed by atoms with Gasteiger partial charge in [0.1, 0.15) is 5.82 Å². The van der Waals surface area contributed by atoms with Crippen molar-refractivity contribution in [2.75, 3.05) is 6.54 Å². The summed E-state index contributed by atoms with van der Waals surface area (Å²) in [6.07, 6.45) is 1.42. The molecular weight excluding hydrogens is 582 g/mol. The molecule has 0 N–H and O–H groups in total. The van der Waals surface area contributed by atoms with Gasteiger partial charge in [-0.3, -0.25) is 9.69 Å². The van der Waals surface area contributed by atoms with Gasteiger partial charge < -0.3 is 0 Å². The number of halogens is 3. The molecule has 1 amide bonds. The molecule has 0 radical (unpaired) electrons. The molecule has 5 nitrogen and oxygen atoms in total. The van der Waals surface area contributed by atoms with Crippen molar-refractivity contribution >= 4 is 77.5 Å². The van der Waals surface area contributed by atoms with E-state index in [9.17, 15) is 17.6 Å². The number of hydrogen-bond acceptors (Lipinski definition) is 4. The second-order valence-electron chi connectivity index (χ2n) is 5.61. The van der Waals surface area contributed by atoms with E-state index in [-0.39, 0.29) is 27.1 Å². The minimum atomic E-state index is -3.99. The zero-order valence-corrected chi connectivity index (χ0v) is 19.8. The molecule has 1 aliphatic rings. The molecule has 1 aliphatic heterocycles. The van der Waals surface area contributed by atoms with E-state index in [0.717, 1.165) is 16.2 Å². The Balaban J connectivity index is 1.99. The van der Waals surface area contributed by atoms with Crippen LogP contribution in [0.25, 0.3) is 6.08 Å². The molecule has 1 heterocycles. The van der Waals surface area contributed by atoms with E-state index in [4.69, 9.17) is 0 Å². The van der Waals surface area contributed by atoms with E-state index in [0.29, 0.717) is 3.57 Å². The minimum Gasteiger partial charge on any atom is -0.286 e. The molecule has 146 valence electrons. The van der Waals surface area contributed by atoms with Crippen molar-refractivity contribution in [2.45, 2.75) is 11.8 Å². The Labute approximate surface area is 188 Å². The van der Waals surface area contributed by atoms with Crippen LogP contribution < -0.4 is 0 Å².